The third kappa shape index (κ3) is 4.39. The van der Waals surface area contributed by atoms with Crippen molar-refractivity contribution in [1.82, 2.24) is 15.0 Å². The Morgan fingerprint density at radius 2 is 1.70 bits per heavy atom. The standard InChI is InChI=1S/C26H23ClN4O2/c27-20-15-18(14-17-10-7-13-29-21(17)20)23-22(16-8-3-1-4-9-16)31-25(28)24(30-23)26(32)33-19-11-5-2-6-12-19/h1,3-4,7-10,13-15,19H,2,5-6,11-12H2,(H2,28,31). The molecule has 0 amide bonds. The molecule has 0 aliphatic heterocycles. The van der Waals surface area contributed by atoms with Gasteiger partial charge in [0.25, 0.3) is 0 Å². The van der Waals surface area contributed by atoms with E-state index < -0.39 is 5.97 Å². The van der Waals surface area contributed by atoms with E-state index in [1.807, 2.05) is 48.5 Å². The Bertz CT molecular complexity index is 1320. The molecule has 0 bridgehead atoms. The van der Waals surface area contributed by atoms with E-state index in [0.29, 0.717) is 21.9 Å². The zero-order valence-electron chi connectivity index (χ0n) is 18.0. The first-order valence-electron chi connectivity index (χ1n) is 11.1. The number of fused-ring (bicyclic) bond motifs is 1. The molecule has 0 unspecified atom stereocenters. The number of halogens is 1. The molecule has 2 aromatic heterocycles. The SMILES string of the molecule is Nc1nc(-c2ccccc2)c(-c2cc(Cl)c3ncccc3c2)nc1C(=O)OC1CCCCC1. The molecule has 6 nitrogen and oxygen atoms in total. The summed E-state index contributed by atoms with van der Waals surface area (Å²) in [5.74, 6) is -0.492. The van der Waals surface area contributed by atoms with Gasteiger partial charge >= 0.3 is 5.97 Å². The van der Waals surface area contributed by atoms with Gasteiger partial charge in [-0.3, -0.25) is 4.98 Å². The number of rotatable bonds is 4. The van der Waals surface area contributed by atoms with Gasteiger partial charge in [-0.25, -0.2) is 14.8 Å². The Morgan fingerprint density at radius 1 is 0.939 bits per heavy atom. The number of anilines is 1. The van der Waals surface area contributed by atoms with Crippen molar-refractivity contribution in [1.29, 1.82) is 0 Å². The number of ether oxygens (including phenoxy) is 1. The molecular weight excluding hydrogens is 436 g/mol. The van der Waals surface area contributed by atoms with Crippen LogP contribution in [0.2, 0.25) is 5.02 Å². The smallest absolute Gasteiger partial charge is 0.361 e. The van der Waals surface area contributed by atoms with E-state index in [2.05, 4.69) is 9.97 Å². The Hall–Kier alpha value is -3.51. The summed E-state index contributed by atoms with van der Waals surface area (Å²) >= 11 is 6.55. The maximum atomic E-state index is 13.0. The first-order valence-corrected chi connectivity index (χ1v) is 11.5. The number of pyridine rings is 1. The van der Waals surface area contributed by atoms with Crippen LogP contribution in [0, 0.1) is 0 Å². The van der Waals surface area contributed by atoms with Crippen LogP contribution in [0.1, 0.15) is 42.6 Å². The minimum Gasteiger partial charge on any atom is -0.458 e. The van der Waals surface area contributed by atoms with Crippen LogP contribution in [0.15, 0.2) is 60.8 Å². The predicted molar refractivity (Wildman–Crippen MR) is 130 cm³/mol. The van der Waals surface area contributed by atoms with Gasteiger partial charge in [-0.05, 0) is 43.9 Å². The van der Waals surface area contributed by atoms with E-state index in [-0.39, 0.29) is 17.6 Å². The molecule has 33 heavy (non-hydrogen) atoms. The zero-order valence-corrected chi connectivity index (χ0v) is 18.8. The van der Waals surface area contributed by atoms with Crippen LogP contribution < -0.4 is 5.73 Å². The van der Waals surface area contributed by atoms with E-state index in [9.17, 15) is 4.79 Å². The van der Waals surface area contributed by atoms with Crippen molar-refractivity contribution >= 4 is 34.3 Å². The highest BCUT2D eigenvalue weighted by Gasteiger charge is 2.25. The molecule has 0 saturated heterocycles. The van der Waals surface area contributed by atoms with E-state index >= 15 is 0 Å². The third-order valence-corrected chi connectivity index (χ3v) is 6.21. The van der Waals surface area contributed by atoms with Gasteiger partial charge in [0.2, 0.25) is 0 Å². The second kappa shape index (κ2) is 9.16. The first kappa shape index (κ1) is 21.3. The minimum absolute atomic E-state index is 0.0256. The van der Waals surface area contributed by atoms with Crippen molar-refractivity contribution < 1.29 is 9.53 Å². The lowest BCUT2D eigenvalue weighted by molar-refractivity contribution is 0.0205. The summed E-state index contributed by atoms with van der Waals surface area (Å²) in [6.45, 7) is 0. The maximum Gasteiger partial charge on any atom is 0.361 e. The largest absolute Gasteiger partial charge is 0.458 e. The summed E-state index contributed by atoms with van der Waals surface area (Å²) in [7, 11) is 0. The fourth-order valence-electron chi connectivity index (χ4n) is 4.27. The lowest BCUT2D eigenvalue weighted by Crippen LogP contribution is -2.23. The Kier molecular flexibility index (Phi) is 5.92. The van der Waals surface area contributed by atoms with Crippen LogP contribution in [-0.2, 0) is 4.74 Å². The molecule has 0 spiro atoms. The van der Waals surface area contributed by atoms with Crippen molar-refractivity contribution in [2.75, 3.05) is 5.73 Å². The van der Waals surface area contributed by atoms with E-state index in [4.69, 9.17) is 27.1 Å². The average molecular weight is 459 g/mol. The number of carbonyl (C=O) groups excluding carboxylic acids is 1. The fourth-order valence-corrected chi connectivity index (χ4v) is 4.55. The van der Waals surface area contributed by atoms with Crippen molar-refractivity contribution in [2.24, 2.45) is 0 Å². The third-order valence-electron chi connectivity index (χ3n) is 5.92. The van der Waals surface area contributed by atoms with E-state index in [0.717, 1.165) is 42.2 Å². The first-order chi connectivity index (χ1) is 16.1. The summed E-state index contributed by atoms with van der Waals surface area (Å²) in [5.41, 5.74) is 9.58. The molecule has 2 heterocycles. The molecule has 1 aliphatic carbocycles. The number of carbonyl (C=O) groups is 1. The van der Waals surface area contributed by atoms with Gasteiger partial charge in [-0.2, -0.15) is 0 Å². The fraction of sp³-hybridized carbons (Fsp3) is 0.231. The van der Waals surface area contributed by atoms with Crippen molar-refractivity contribution in [3.8, 4) is 22.5 Å². The molecule has 1 aliphatic rings. The summed E-state index contributed by atoms with van der Waals surface area (Å²) < 4.78 is 5.73. The average Bonchev–Trinajstić information content (AvgIpc) is 2.85. The molecule has 7 heteroatoms. The predicted octanol–water partition coefficient (Wildman–Crippen LogP) is 6.08. The molecular formula is C26H23ClN4O2. The topological polar surface area (TPSA) is 91.0 Å². The van der Waals surface area contributed by atoms with Gasteiger partial charge in [-0.1, -0.05) is 54.4 Å². The van der Waals surface area contributed by atoms with Crippen molar-refractivity contribution in [3.05, 3.63) is 71.5 Å². The second-order valence-corrected chi connectivity index (χ2v) is 8.63. The zero-order chi connectivity index (χ0) is 22.8. The molecule has 5 rings (SSSR count). The van der Waals surface area contributed by atoms with E-state index in [1.54, 1.807) is 12.3 Å². The highest BCUT2D eigenvalue weighted by atomic mass is 35.5. The van der Waals surface area contributed by atoms with Crippen LogP contribution in [-0.4, -0.2) is 27.0 Å². The molecule has 1 fully saturated rings. The summed E-state index contributed by atoms with van der Waals surface area (Å²) in [6.07, 6.45) is 6.60. The van der Waals surface area contributed by atoms with Gasteiger partial charge < -0.3 is 10.5 Å². The number of esters is 1. The number of aromatic nitrogens is 3. The van der Waals surface area contributed by atoms with Gasteiger partial charge in [0.15, 0.2) is 11.5 Å². The molecule has 166 valence electrons. The Labute approximate surface area is 196 Å². The molecule has 1 saturated carbocycles. The van der Waals surface area contributed by atoms with Crippen LogP contribution in [0.25, 0.3) is 33.4 Å². The highest BCUT2D eigenvalue weighted by molar-refractivity contribution is 6.35. The van der Waals surface area contributed by atoms with Crippen molar-refractivity contribution in [3.63, 3.8) is 0 Å². The number of hydrogen-bond acceptors (Lipinski definition) is 6. The molecule has 4 aromatic rings. The lowest BCUT2D eigenvalue weighted by atomic mass is 9.98. The number of nitrogens with zero attached hydrogens (tertiary/aromatic N) is 3. The molecule has 0 radical (unpaired) electrons. The van der Waals surface area contributed by atoms with Crippen LogP contribution >= 0.6 is 11.6 Å². The monoisotopic (exact) mass is 458 g/mol. The summed E-state index contributed by atoms with van der Waals surface area (Å²) in [6, 6.07) is 17.1. The number of hydrogen-bond donors (Lipinski definition) is 1. The van der Waals surface area contributed by atoms with Crippen LogP contribution in [0.4, 0.5) is 5.82 Å². The van der Waals surface area contributed by atoms with Crippen LogP contribution in [0.5, 0.6) is 0 Å². The van der Waals surface area contributed by atoms with Gasteiger partial charge in [-0.15, -0.1) is 0 Å². The summed E-state index contributed by atoms with van der Waals surface area (Å²) in [5, 5.41) is 1.36. The van der Waals surface area contributed by atoms with E-state index in [1.165, 1.54) is 6.42 Å². The highest BCUT2D eigenvalue weighted by Crippen LogP contribution is 2.35. The normalized spacial score (nSPS) is 14.3. The maximum absolute atomic E-state index is 13.0. The van der Waals surface area contributed by atoms with Crippen LogP contribution in [0.3, 0.4) is 0 Å². The summed E-state index contributed by atoms with van der Waals surface area (Å²) in [4.78, 5) is 26.7. The molecule has 0 atom stereocenters. The minimum atomic E-state index is -0.540. The van der Waals surface area contributed by atoms with Gasteiger partial charge in [0, 0.05) is 22.7 Å². The Balaban J connectivity index is 1.64. The molecule has 2 aromatic carbocycles. The Morgan fingerprint density at radius 3 is 2.48 bits per heavy atom. The quantitative estimate of drug-likeness (QED) is 0.372. The number of nitrogens with two attached hydrogens (primary N) is 1. The number of benzene rings is 2. The van der Waals surface area contributed by atoms with Crippen molar-refractivity contribution in [2.45, 2.75) is 38.2 Å². The van der Waals surface area contributed by atoms with Gasteiger partial charge in [0.05, 0.1) is 21.9 Å². The molecule has 2 N–H and O–H groups in total. The number of nitrogen functional groups attached to an aromatic ring is 1. The lowest BCUT2D eigenvalue weighted by Gasteiger charge is -2.22. The van der Waals surface area contributed by atoms with Gasteiger partial charge in [0.1, 0.15) is 6.10 Å². The second-order valence-electron chi connectivity index (χ2n) is 8.22.